The highest BCUT2D eigenvalue weighted by Gasteiger charge is 2.22. The number of aryl methyl sites for hydroxylation is 1. The molecule has 1 aliphatic rings. The van der Waals surface area contributed by atoms with Gasteiger partial charge in [0.25, 0.3) is 0 Å². The van der Waals surface area contributed by atoms with E-state index in [0.717, 1.165) is 29.0 Å². The molecule has 0 saturated heterocycles. The average molecular weight is 543 g/mol. The maximum atomic E-state index is 12.8. The molecule has 6 heteroatoms. The van der Waals surface area contributed by atoms with Crippen LogP contribution < -0.4 is 0 Å². The van der Waals surface area contributed by atoms with E-state index in [1.165, 1.54) is 21.8 Å². The fourth-order valence-corrected chi connectivity index (χ4v) is 6.64. The van der Waals surface area contributed by atoms with Gasteiger partial charge in [-0.1, -0.05) is 66.8 Å². The lowest BCUT2D eigenvalue weighted by Crippen LogP contribution is -2.06. The van der Waals surface area contributed by atoms with Gasteiger partial charge in [0.1, 0.15) is 0 Å². The molecule has 0 fully saturated rings. The van der Waals surface area contributed by atoms with Crippen LogP contribution in [0.4, 0.5) is 0 Å². The molecule has 0 atom stereocenters. The summed E-state index contributed by atoms with van der Waals surface area (Å²) in [5.74, 6) is 0. The maximum Gasteiger partial charge on any atom is 0.330 e. The minimum absolute atomic E-state index is 0.364. The van der Waals surface area contributed by atoms with E-state index in [1.807, 2.05) is 39.0 Å². The van der Waals surface area contributed by atoms with Crippen molar-refractivity contribution in [2.75, 3.05) is 25.9 Å². The Labute approximate surface area is 232 Å². The smallest absolute Gasteiger partial charge is 0.330 e. The molecule has 0 amide bonds. The predicted octanol–water partition coefficient (Wildman–Crippen LogP) is 8.92. The van der Waals surface area contributed by atoms with Gasteiger partial charge in [0.15, 0.2) is 0 Å². The number of aromatic nitrogens is 1. The molecular weight excluding hydrogens is 503 g/mol. The van der Waals surface area contributed by atoms with Gasteiger partial charge in [-0.2, -0.15) is 0 Å². The molecule has 0 unspecified atom stereocenters. The van der Waals surface area contributed by atoms with Gasteiger partial charge in [-0.3, -0.25) is 9.56 Å². The Kier molecular flexibility index (Phi) is 10.1. The number of allylic oxidation sites excluding steroid dienone is 9. The van der Waals surface area contributed by atoms with E-state index >= 15 is 0 Å². The molecule has 204 valence electrons. The molecule has 3 aromatic rings. The summed E-state index contributed by atoms with van der Waals surface area (Å²) in [7, 11) is -3.05. The second kappa shape index (κ2) is 13.7. The number of fused-ring (bicyclic) bond motifs is 3. The van der Waals surface area contributed by atoms with Crippen LogP contribution in [-0.4, -0.2) is 36.2 Å². The normalized spacial score (nSPS) is 16.6. The lowest BCUT2D eigenvalue weighted by molar-refractivity contribution is 0.220. The summed E-state index contributed by atoms with van der Waals surface area (Å²) in [6.45, 7) is 10.1. The van der Waals surface area contributed by atoms with E-state index in [9.17, 15) is 4.57 Å². The molecule has 39 heavy (non-hydrogen) atoms. The lowest BCUT2D eigenvalue weighted by atomic mass is 9.97. The Morgan fingerprint density at radius 3 is 2.44 bits per heavy atom. The van der Waals surface area contributed by atoms with Crippen molar-refractivity contribution in [2.45, 2.75) is 40.7 Å². The molecule has 0 N–H and O–H groups in total. The van der Waals surface area contributed by atoms with Crippen molar-refractivity contribution in [1.82, 2.24) is 4.57 Å². The largest absolute Gasteiger partial charge is 0.341 e. The van der Waals surface area contributed by atoms with Crippen LogP contribution in [-0.2, 0) is 20.2 Å². The van der Waals surface area contributed by atoms with Crippen LogP contribution in [0, 0.1) is 0 Å². The lowest BCUT2D eigenvalue weighted by Gasteiger charge is -2.16. The minimum atomic E-state index is -3.05. The third-order valence-corrected chi connectivity index (χ3v) is 8.82. The SMILES string of the molecule is C/C=C\C(C=Cc1ccc2c(c1)c1ccccc1n2CC)=C1\C=CC=CC1=NCCCP(=O)(OCC)OCC. The van der Waals surface area contributed by atoms with Crippen LogP contribution in [0.25, 0.3) is 27.9 Å². The highest BCUT2D eigenvalue weighted by atomic mass is 31.2. The van der Waals surface area contributed by atoms with Crippen molar-refractivity contribution >= 4 is 41.2 Å². The number of hydrogen-bond acceptors (Lipinski definition) is 4. The molecule has 1 aliphatic carbocycles. The first kappa shape index (κ1) is 28.8. The van der Waals surface area contributed by atoms with Gasteiger partial charge in [-0.15, -0.1) is 0 Å². The molecule has 1 aromatic heterocycles. The summed E-state index contributed by atoms with van der Waals surface area (Å²) < 4.78 is 26.0. The fourth-order valence-electron chi connectivity index (χ4n) is 5.00. The zero-order valence-electron chi connectivity index (χ0n) is 23.5. The van der Waals surface area contributed by atoms with Crippen LogP contribution in [0.5, 0.6) is 0 Å². The van der Waals surface area contributed by atoms with E-state index in [4.69, 9.17) is 14.0 Å². The third kappa shape index (κ3) is 6.86. The van der Waals surface area contributed by atoms with Gasteiger partial charge in [0.2, 0.25) is 0 Å². The fraction of sp³-hybridized carbons (Fsp3) is 0.303. The van der Waals surface area contributed by atoms with Gasteiger partial charge in [-0.25, -0.2) is 0 Å². The first-order chi connectivity index (χ1) is 19.0. The number of benzene rings is 2. The quantitative estimate of drug-likeness (QED) is 0.170. The number of rotatable bonds is 12. The average Bonchev–Trinajstić information content (AvgIpc) is 3.27. The summed E-state index contributed by atoms with van der Waals surface area (Å²) in [5, 5.41) is 2.55. The molecule has 0 spiro atoms. The van der Waals surface area contributed by atoms with Crippen molar-refractivity contribution in [3.63, 3.8) is 0 Å². The van der Waals surface area contributed by atoms with Gasteiger partial charge in [0.05, 0.1) is 25.1 Å². The summed E-state index contributed by atoms with van der Waals surface area (Å²) >= 11 is 0. The van der Waals surface area contributed by atoms with E-state index in [1.54, 1.807) is 0 Å². The molecule has 1 heterocycles. The van der Waals surface area contributed by atoms with Gasteiger partial charge < -0.3 is 13.6 Å². The Hall–Kier alpha value is -3.24. The summed E-state index contributed by atoms with van der Waals surface area (Å²) in [5.41, 5.74) is 6.75. The van der Waals surface area contributed by atoms with Crippen LogP contribution >= 0.6 is 7.60 Å². The number of nitrogens with zero attached hydrogens (tertiary/aromatic N) is 2. The third-order valence-electron chi connectivity index (χ3n) is 6.65. The number of aliphatic imine (C=N–C) groups is 1. The van der Waals surface area contributed by atoms with Crippen molar-refractivity contribution < 1.29 is 13.6 Å². The van der Waals surface area contributed by atoms with Crippen LogP contribution in [0.3, 0.4) is 0 Å². The molecule has 5 nitrogen and oxygen atoms in total. The van der Waals surface area contributed by atoms with Gasteiger partial charge in [-0.05, 0) is 69.5 Å². The van der Waals surface area contributed by atoms with Crippen molar-refractivity contribution in [1.29, 1.82) is 0 Å². The van der Waals surface area contributed by atoms with Crippen LogP contribution in [0.15, 0.2) is 101 Å². The van der Waals surface area contributed by atoms with Crippen molar-refractivity contribution in [2.24, 2.45) is 4.99 Å². The monoisotopic (exact) mass is 542 g/mol. The maximum absolute atomic E-state index is 12.8. The zero-order valence-corrected chi connectivity index (χ0v) is 24.4. The number of hydrogen-bond donors (Lipinski definition) is 0. The molecule has 0 bridgehead atoms. The Morgan fingerprint density at radius 1 is 0.949 bits per heavy atom. The Balaban J connectivity index is 1.60. The Morgan fingerprint density at radius 2 is 1.69 bits per heavy atom. The second-order valence-electron chi connectivity index (χ2n) is 9.25. The highest BCUT2D eigenvalue weighted by Crippen LogP contribution is 2.48. The summed E-state index contributed by atoms with van der Waals surface area (Å²) in [4.78, 5) is 4.85. The van der Waals surface area contributed by atoms with Crippen molar-refractivity contribution in [3.05, 3.63) is 102 Å². The van der Waals surface area contributed by atoms with Gasteiger partial charge >= 0.3 is 7.60 Å². The van der Waals surface area contributed by atoms with E-state index in [0.29, 0.717) is 32.3 Å². The standard InChI is InChI=1S/C33H39N2O3P/c1-5-14-27(28-15-9-11-17-31(28)34-23-13-24-39(36,37-7-3)38-8-4)21-19-26-20-22-33-30(25-26)29-16-10-12-18-32(29)35(33)6-2/h5,9-12,14-22,25H,6-8,13,23-24H2,1-4H3/b14-5-,21-19?,28-27+,34-31?. The number of para-hydroxylation sites is 1. The molecule has 0 aliphatic heterocycles. The van der Waals surface area contributed by atoms with E-state index in [2.05, 4.69) is 84.3 Å². The summed E-state index contributed by atoms with van der Waals surface area (Å²) in [6, 6.07) is 15.3. The minimum Gasteiger partial charge on any atom is -0.341 e. The topological polar surface area (TPSA) is 52.8 Å². The first-order valence-corrected chi connectivity index (χ1v) is 15.6. The highest BCUT2D eigenvalue weighted by molar-refractivity contribution is 7.53. The van der Waals surface area contributed by atoms with Gasteiger partial charge in [0, 0.05) is 40.5 Å². The van der Waals surface area contributed by atoms with E-state index in [-0.39, 0.29) is 0 Å². The first-order valence-electron chi connectivity index (χ1n) is 13.9. The Bertz CT molecular complexity index is 1530. The second-order valence-corrected chi connectivity index (χ2v) is 11.4. The zero-order chi connectivity index (χ0) is 27.7. The molecule has 0 radical (unpaired) electrons. The van der Waals surface area contributed by atoms with Crippen molar-refractivity contribution in [3.8, 4) is 0 Å². The molecule has 0 saturated carbocycles. The van der Waals surface area contributed by atoms with Crippen LogP contribution in [0.1, 0.15) is 39.7 Å². The summed E-state index contributed by atoms with van der Waals surface area (Å²) in [6.07, 6.45) is 17.7. The van der Waals surface area contributed by atoms with E-state index < -0.39 is 7.60 Å². The van der Waals surface area contributed by atoms with Crippen LogP contribution in [0.2, 0.25) is 0 Å². The predicted molar refractivity (Wildman–Crippen MR) is 167 cm³/mol. The molecular formula is C33H39N2O3P. The molecule has 2 aromatic carbocycles. The molecule has 4 rings (SSSR count).